The Morgan fingerprint density at radius 2 is 2.36 bits per heavy atom. The summed E-state index contributed by atoms with van der Waals surface area (Å²) >= 11 is 0. The second-order valence-electron chi connectivity index (χ2n) is 3.35. The van der Waals surface area contributed by atoms with Crippen LogP contribution in [-0.4, -0.2) is 11.5 Å². The Labute approximate surface area is 85.8 Å². The van der Waals surface area contributed by atoms with E-state index in [0.29, 0.717) is 0 Å². The third kappa shape index (κ3) is 2.86. The van der Waals surface area contributed by atoms with Gasteiger partial charge in [0.15, 0.2) is 0 Å². The molecule has 0 amide bonds. The Morgan fingerprint density at radius 1 is 1.57 bits per heavy atom. The van der Waals surface area contributed by atoms with E-state index in [-0.39, 0.29) is 6.04 Å². The van der Waals surface area contributed by atoms with Crippen LogP contribution in [0.15, 0.2) is 18.5 Å². The number of aryl methyl sites for hydroxylation is 1. The number of nitrogens with zero attached hydrogens (tertiary/aromatic N) is 1. The van der Waals surface area contributed by atoms with Crippen molar-refractivity contribution in [2.24, 2.45) is 0 Å². The zero-order valence-electron chi connectivity index (χ0n) is 8.75. The molecule has 1 unspecified atom stereocenters. The van der Waals surface area contributed by atoms with Gasteiger partial charge < -0.3 is 0 Å². The lowest BCUT2D eigenvalue weighted by Crippen LogP contribution is -2.20. The first-order valence-electron chi connectivity index (χ1n) is 4.89. The van der Waals surface area contributed by atoms with Gasteiger partial charge in [-0.15, -0.1) is 6.42 Å². The number of hydrogen-bond acceptors (Lipinski definition) is 2. The van der Waals surface area contributed by atoms with Gasteiger partial charge in [0.1, 0.15) is 0 Å². The lowest BCUT2D eigenvalue weighted by molar-refractivity contribution is 0.624. The fourth-order valence-corrected chi connectivity index (χ4v) is 1.30. The van der Waals surface area contributed by atoms with Gasteiger partial charge in [0.05, 0.1) is 6.04 Å². The molecule has 2 nitrogen and oxygen atoms in total. The van der Waals surface area contributed by atoms with E-state index in [9.17, 15) is 0 Å². The molecule has 1 aromatic rings. The number of aromatic nitrogens is 1. The largest absolute Gasteiger partial charge is 0.300 e. The van der Waals surface area contributed by atoms with Gasteiger partial charge >= 0.3 is 0 Å². The summed E-state index contributed by atoms with van der Waals surface area (Å²) in [5.74, 6) is 2.73. The third-order valence-corrected chi connectivity index (χ3v) is 1.99. The molecule has 0 bridgehead atoms. The molecule has 0 radical (unpaired) electrons. The van der Waals surface area contributed by atoms with Crippen molar-refractivity contribution < 1.29 is 0 Å². The molecule has 74 valence electrons. The third-order valence-electron chi connectivity index (χ3n) is 1.99. The molecule has 14 heavy (non-hydrogen) atoms. The van der Waals surface area contributed by atoms with Gasteiger partial charge in [-0.05, 0) is 31.0 Å². The van der Waals surface area contributed by atoms with E-state index in [0.717, 1.165) is 24.1 Å². The zero-order chi connectivity index (χ0) is 10.4. The molecule has 1 rings (SSSR count). The van der Waals surface area contributed by atoms with Crippen molar-refractivity contribution in [3.05, 3.63) is 29.6 Å². The zero-order valence-corrected chi connectivity index (χ0v) is 8.75. The molecule has 0 aliphatic heterocycles. The first-order chi connectivity index (χ1) is 6.77. The standard InChI is InChI=1S/C12H16N2/c1-4-6-14-12(5-2)11-7-10(3)8-13-9-11/h2,7-9,12,14H,4,6H2,1,3H3. The van der Waals surface area contributed by atoms with Crippen molar-refractivity contribution in [1.82, 2.24) is 10.3 Å². The minimum absolute atomic E-state index is 0.0117. The lowest BCUT2D eigenvalue weighted by Gasteiger charge is -2.12. The maximum absolute atomic E-state index is 5.46. The van der Waals surface area contributed by atoms with Crippen molar-refractivity contribution in [3.63, 3.8) is 0 Å². The molecule has 0 saturated heterocycles. The molecule has 1 aromatic heterocycles. The Balaban J connectivity index is 2.75. The molecule has 1 N–H and O–H groups in total. The van der Waals surface area contributed by atoms with E-state index in [4.69, 9.17) is 6.42 Å². The van der Waals surface area contributed by atoms with Crippen LogP contribution in [-0.2, 0) is 0 Å². The topological polar surface area (TPSA) is 24.9 Å². The summed E-state index contributed by atoms with van der Waals surface area (Å²) in [6.45, 7) is 5.07. The maximum atomic E-state index is 5.46. The summed E-state index contributed by atoms with van der Waals surface area (Å²) in [6.07, 6.45) is 10.2. The molecule has 1 atom stereocenters. The normalized spacial score (nSPS) is 12.1. The number of pyridine rings is 1. The second kappa shape index (κ2) is 5.41. The van der Waals surface area contributed by atoms with E-state index in [1.54, 1.807) is 0 Å². The highest BCUT2D eigenvalue weighted by molar-refractivity contribution is 5.25. The summed E-state index contributed by atoms with van der Waals surface area (Å²) in [4.78, 5) is 4.13. The van der Waals surface area contributed by atoms with Gasteiger partial charge in [-0.2, -0.15) is 0 Å². The first kappa shape index (κ1) is 10.7. The summed E-state index contributed by atoms with van der Waals surface area (Å²) in [6, 6.07) is 2.06. The van der Waals surface area contributed by atoms with Gasteiger partial charge in [0, 0.05) is 12.4 Å². The van der Waals surface area contributed by atoms with Crippen molar-refractivity contribution in [3.8, 4) is 12.3 Å². The predicted molar refractivity (Wildman–Crippen MR) is 58.8 cm³/mol. The molecule has 1 heterocycles. The van der Waals surface area contributed by atoms with E-state index in [2.05, 4.69) is 29.2 Å². The number of hydrogen-bond donors (Lipinski definition) is 1. The van der Waals surface area contributed by atoms with Crippen LogP contribution < -0.4 is 5.32 Å². The number of terminal acetylenes is 1. The smallest absolute Gasteiger partial charge is 0.0958 e. The Kier molecular flexibility index (Phi) is 4.15. The molecular formula is C12H16N2. The van der Waals surface area contributed by atoms with Crippen LogP contribution in [0, 0.1) is 19.3 Å². The average Bonchev–Trinajstić information content (AvgIpc) is 2.19. The van der Waals surface area contributed by atoms with Crippen LogP contribution in [0.25, 0.3) is 0 Å². The van der Waals surface area contributed by atoms with Crippen LogP contribution in [0.2, 0.25) is 0 Å². The van der Waals surface area contributed by atoms with Crippen molar-refractivity contribution >= 4 is 0 Å². The van der Waals surface area contributed by atoms with Crippen LogP contribution in [0.4, 0.5) is 0 Å². The SMILES string of the molecule is C#CC(NCCC)c1cncc(C)c1. The van der Waals surface area contributed by atoms with Gasteiger partial charge in [-0.25, -0.2) is 0 Å². The molecule has 0 spiro atoms. The molecular weight excluding hydrogens is 172 g/mol. The fourth-order valence-electron chi connectivity index (χ4n) is 1.30. The highest BCUT2D eigenvalue weighted by Crippen LogP contribution is 2.11. The maximum Gasteiger partial charge on any atom is 0.0958 e. The van der Waals surface area contributed by atoms with Gasteiger partial charge in [-0.1, -0.05) is 18.9 Å². The summed E-state index contributed by atoms with van der Waals surface area (Å²) < 4.78 is 0. The summed E-state index contributed by atoms with van der Waals surface area (Å²) in [5, 5.41) is 3.29. The highest BCUT2D eigenvalue weighted by atomic mass is 14.9. The predicted octanol–water partition coefficient (Wildman–Crippen LogP) is 2.06. The van der Waals surface area contributed by atoms with Gasteiger partial charge in [-0.3, -0.25) is 10.3 Å². The second-order valence-corrected chi connectivity index (χ2v) is 3.35. The van der Waals surface area contributed by atoms with Gasteiger partial charge in [0.25, 0.3) is 0 Å². The molecule has 0 aliphatic rings. The van der Waals surface area contributed by atoms with E-state index < -0.39 is 0 Å². The minimum Gasteiger partial charge on any atom is -0.300 e. The van der Waals surface area contributed by atoms with Crippen LogP contribution >= 0.6 is 0 Å². The molecule has 2 heteroatoms. The lowest BCUT2D eigenvalue weighted by atomic mass is 10.1. The van der Waals surface area contributed by atoms with E-state index in [1.165, 1.54) is 0 Å². The monoisotopic (exact) mass is 188 g/mol. The summed E-state index contributed by atoms with van der Waals surface area (Å²) in [7, 11) is 0. The fraction of sp³-hybridized carbons (Fsp3) is 0.417. The van der Waals surface area contributed by atoms with Crippen molar-refractivity contribution in [2.45, 2.75) is 26.3 Å². The Morgan fingerprint density at radius 3 is 2.93 bits per heavy atom. The quantitative estimate of drug-likeness (QED) is 0.732. The van der Waals surface area contributed by atoms with Crippen LogP contribution in [0.3, 0.4) is 0 Å². The molecule has 0 aliphatic carbocycles. The Bertz CT molecular complexity index is 325. The number of rotatable bonds is 4. The van der Waals surface area contributed by atoms with Crippen molar-refractivity contribution in [2.75, 3.05) is 6.54 Å². The van der Waals surface area contributed by atoms with Crippen LogP contribution in [0.1, 0.15) is 30.5 Å². The summed E-state index contributed by atoms with van der Waals surface area (Å²) in [5.41, 5.74) is 2.21. The molecule has 0 fully saturated rings. The van der Waals surface area contributed by atoms with Crippen molar-refractivity contribution in [1.29, 1.82) is 0 Å². The number of nitrogens with one attached hydrogen (secondary N) is 1. The van der Waals surface area contributed by atoms with Crippen LogP contribution in [0.5, 0.6) is 0 Å². The minimum atomic E-state index is -0.0117. The van der Waals surface area contributed by atoms with Gasteiger partial charge in [0.2, 0.25) is 0 Å². The first-order valence-corrected chi connectivity index (χ1v) is 4.89. The Hall–Kier alpha value is -1.33. The van der Waals surface area contributed by atoms with E-state index in [1.807, 2.05) is 19.3 Å². The highest BCUT2D eigenvalue weighted by Gasteiger charge is 2.06. The van der Waals surface area contributed by atoms with E-state index >= 15 is 0 Å². The molecule has 0 aromatic carbocycles. The molecule has 0 saturated carbocycles. The average molecular weight is 188 g/mol.